The minimum Gasteiger partial charge on any atom is -0.352 e. The Hall–Kier alpha value is -4.38. The fraction of sp³-hybridized carbons (Fsp3) is 0.185. The zero-order valence-electron chi connectivity index (χ0n) is 20.0. The van der Waals surface area contributed by atoms with Gasteiger partial charge in [0.1, 0.15) is 17.7 Å². The molecule has 38 heavy (non-hydrogen) atoms. The number of hydrogen-bond donors (Lipinski definition) is 1. The van der Waals surface area contributed by atoms with Gasteiger partial charge in [-0.25, -0.2) is 9.38 Å². The van der Waals surface area contributed by atoms with E-state index in [1.165, 1.54) is 36.0 Å². The molecule has 1 unspecified atom stereocenters. The van der Waals surface area contributed by atoms with E-state index in [0.29, 0.717) is 22.4 Å². The molecule has 9 nitrogen and oxygen atoms in total. The van der Waals surface area contributed by atoms with Crippen LogP contribution in [0.5, 0.6) is 0 Å². The van der Waals surface area contributed by atoms with Crippen molar-refractivity contribution in [2.24, 2.45) is 9.98 Å². The summed E-state index contributed by atoms with van der Waals surface area (Å²) < 4.78 is 13.1. The van der Waals surface area contributed by atoms with Crippen LogP contribution in [-0.4, -0.2) is 38.7 Å². The van der Waals surface area contributed by atoms with Crippen LogP contribution in [0.4, 0.5) is 15.8 Å². The summed E-state index contributed by atoms with van der Waals surface area (Å²) in [5.74, 6) is 0.0600. The number of nitro groups is 1. The van der Waals surface area contributed by atoms with E-state index >= 15 is 0 Å². The maximum atomic E-state index is 13.1. The lowest BCUT2D eigenvalue weighted by molar-refractivity contribution is -0.384. The molecule has 0 spiro atoms. The molecule has 3 aromatic rings. The minimum absolute atomic E-state index is 0.0139. The van der Waals surface area contributed by atoms with E-state index < -0.39 is 11.0 Å². The Bertz CT molecular complexity index is 1460. The molecule has 3 aromatic carbocycles. The van der Waals surface area contributed by atoms with Gasteiger partial charge in [-0.2, -0.15) is 4.99 Å². The van der Waals surface area contributed by atoms with Crippen LogP contribution in [0.25, 0.3) is 0 Å². The van der Waals surface area contributed by atoms with E-state index in [2.05, 4.69) is 10.3 Å². The number of nitrogens with one attached hydrogen (secondary N) is 1. The molecule has 2 heterocycles. The number of hydrogen-bond acceptors (Lipinski definition) is 7. The molecule has 0 saturated carbocycles. The first kappa shape index (κ1) is 25.3. The first-order valence-corrected chi connectivity index (χ1v) is 12.8. The second kappa shape index (κ2) is 10.9. The third kappa shape index (κ3) is 5.47. The molecule has 0 saturated heterocycles. The Morgan fingerprint density at radius 2 is 1.74 bits per heavy atom. The second-order valence-electron chi connectivity index (χ2n) is 8.73. The van der Waals surface area contributed by atoms with Crippen LogP contribution < -0.4 is 5.32 Å². The molecule has 0 fully saturated rings. The van der Waals surface area contributed by atoms with Crippen molar-refractivity contribution in [3.8, 4) is 0 Å². The van der Waals surface area contributed by atoms with Crippen LogP contribution in [0.3, 0.4) is 0 Å². The number of nitrogens with zero attached hydrogens (tertiary/aromatic N) is 4. The summed E-state index contributed by atoms with van der Waals surface area (Å²) in [6.07, 6.45) is 0.333. The van der Waals surface area contributed by atoms with Gasteiger partial charge in [0.05, 0.1) is 10.6 Å². The maximum Gasteiger partial charge on any atom is 0.270 e. The zero-order chi connectivity index (χ0) is 26.6. The highest BCUT2D eigenvalue weighted by atomic mass is 32.2. The largest absolute Gasteiger partial charge is 0.352 e. The Morgan fingerprint density at radius 3 is 2.47 bits per heavy atom. The number of carbonyl (C=O) groups is 2. The number of thioether (sulfide) groups is 1. The van der Waals surface area contributed by atoms with Crippen LogP contribution in [0.1, 0.15) is 29.5 Å². The first-order chi connectivity index (χ1) is 18.4. The van der Waals surface area contributed by atoms with Crippen LogP contribution in [0.2, 0.25) is 0 Å². The molecule has 1 atom stereocenters. The topological polar surface area (TPSA) is 117 Å². The normalized spacial score (nSPS) is 15.9. The summed E-state index contributed by atoms with van der Waals surface area (Å²) in [5, 5.41) is 14.3. The lowest BCUT2D eigenvalue weighted by atomic mass is 10.1. The summed E-state index contributed by atoms with van der Waals surface area (Å²) in [6, 6.07) is 18.9. The number of amidine groups is 2. The zero-order valence-corrected chi connectivity index (χ0v) is 20.9. The van der Waals surface area contributed by atoms with Crippen LogP contribution >= 0.6 is 11.8 Å². The summed E-state index contributed by atoms with van der Waals surface area (Å²) in [7, 11) is 0. The van der Waals surface area contributed by atoms with Crippen molar-refractivity contribution in [3.63, 3.8) is 0 Å². The molecule has 0 radical (unpaired) electrons. The highest BCUT2D eigenvalue weighted by Crippen LogP contribution is 2.36. The quantitative estimate of drug-likeness (QED) is 0.332. The van der Waals surface area contributed by atoms with Crippen molar-refractivity contribution in [1.82, 2.24) is 10.2 Å². The third-order valence-corrected chi connectivity index (χ3v) is 7.19. The van der Waals surface area contributed by atoms with Crippen molar-refractivity contribution in [3.05, 3.63) is 105 Å². The van der Waals surface area contributed by atoms with Gasteiger partial charge < -0.3 is 5.32 Å². The number of carbonyl (C=O) groups excluding carboxylic acids is 2. The number of fused-ring (bicyclic) bond motifs is 3. The van der Waals surface area contributed by atoms with Gasteiger partial charge in [0.15, 0.2) is 5.17 Å². The number of para-hydroxylation sites is 1. The van der Waals surface area contributed by atoms with Crippen molar-refractivity contribution in [2.75, 3.05) is 0 Å². The number of aliphatic imine (C=N–C) groups is 2. The van der Waals surface area contributed by atoms with Crippen molar-refractivity contribution in [1.29, 1.82) is 0 Å². The minimum atomic E-state index is -0.682. The average molecular weight is 532 g/mol. The Balaban J connectivity index is 1.29. The highest BCUT2D eigenvalue weighted by molar-refractivity contribution is 8.13. The van der Waals surface area contributed by atoms with E-state index in [9.17, 15) is 24.1 Å². The summed E-state index contributed by atoms with van der Waals surface area (Å²) in [4.78, 5) is 46.9. The average Bonchev–Trinajstić information content (AvgIpc) is 3.26. The molecular weight excluding hydrogens is 509 g/mol. The van der Waals surface area contributed by atoms with E-state index in [4.69, 9.17) is 4.99 Å². The van der Waals surface area contributed by atoms with Gasteiger partial charge in [0.2, 0.25) is 5.91 Å². The second-order valence-corrected chi connectivity index (χ2v) is 9.67. The Morgan fingerprint density at radius 1 is 1.03 bits per heavy atom. The van der Waals surface area contributed by atoms with Gasteiger partial charge in [-0.05, 0) is 41.8 Å². The number of halogens is 1. The number of nitro benzene ring substituents is 1. The summed E-state index contributed by atoms with van der Waals surface area (Å²) in [6.45, 7) is 0.258. The molecule has 192 valence electrons. The van der Waals surface area contributed by atoms with Crippen molar-refractivity contribution in [2.45, 2.75) is 31.2 Å². The molecule has 0 aliphatic carbocycles. The molecule has 2 aliphatic heterocycles. The van der Waals surface area contributed by atoms with Crippen molar-refractivity contribution < 1.29 is 18.9 Å². The monoisotopic (exact) mass is 531 g/mol. The summed E-state index contributed by atoms with van der Waals surface area (Å²) in [5.41, 5.74) is 3.08. The standard InChI is InChI=1S/C27H22FN5O4S/c28-19-9-5-17(6-10-19)15-29-24(34)14-13-23-26(35)31-25-21-3-1-2-4-22(21)30-27(32(23)25)38-16-18-7-11-20(12-8-18)33(36)37/h1-12,23H,13-16H2,(H,29,34). The predicted molar refractivity (Wildman–Crippen MR) is 143 cm³/mol. The van der Waals surface area contributed by atoms with Crippen molar-refractivity contribution >= 4 is 46.0 Å². The number of rotatable bonds is 8. The smallest absolute Gasteiger partial charge is 0.270 e. The van der Waals surface area contributed by atoms with E-state index in [1.54, 1.807) is 29.2 Å². The molecule has 5 rings (SSSR count). The van der Waals surface area contributed by atoms with Gasteiger partial charge in [-0.3, -0.25) is 24.6 Å². The third-order valence-electron chi connectivity index (χ3n) is 6.17. The molecule has 1 N–H and O–H groups in total. The van der Waals surface area contributed by atoms with Crippen LogP contribution in [0, 0.1) is 15.9 Å². The SMILES string of the molecule is O=C(CCC1C(=O)N=C2c3ccccc3N=C(SCc3ccc([N+](=O)[O-])cc3)N21)NCc1ccc(F)cc1. The number of amides is 2. The van der Waals surface area contributed by atoms with Gasteiger partial charge in [0.25, 0.3) is 11.6 Å². The van der Waals surface area contributed by atoms with Crippen LogP contribution in [0.15, 0.2) is 82.8 Å². The first-order valence-electron chi connectivity index (χ1n) is 11.9. The highest BCUT2D eigenvalue weighted by Gasteiger charge is 2.41. The Kier molecular flexibility index (Phi) is 7.27. The van der Waals surface area contributed by atoms with Crippen LogP contribution in [-0.2, 0) is 21.9 Å². The lowest BCUT2D eigenvalue weighted by Gasteiger charge is -2.31. The van der Waals surface area contributed by atoms with Gasteiger partial charge in [-0.15, -0.1) is 0 Å². The maximum absolute atomic E-state index is 13.1. The molecular formula is C27H22FN5O4S. The van der Waals surface area contributed by atoms with Gasteiger partial charge >= 0.3 is 0 Å². The van der Waals surface area contributed by atoms with E-state index in [-0.39, 0.29) is 42.7 Å². The number of non-ortho nitro benzene ring substituents is 1. The lowest BCUT2D eigenvalue weighted by Crippen LogP contribution is -2.44. The van der Waals surface area contributed by atoms with E-state index in [0.717, 1.165) is 16.7 Å². The Labute approximate surface area is 221 Å². The fourth-order valence-electron chi connectivity index (χ4n) is 4.20. The molecule has 2 aliphatic rings. The van der Waals surface area contributed by atoms with Gasteiger partial charge in [0, 0.05) is 36.4 Å². The van der Waals surface area contributed by atoms with Gasteiger partial charge in [-0.1, -0.05) is 48.2 Å². The fourth-order valence-corrected chi connectivity index (χ4v) is 5.20. The summed E-state index contributed by atoms with van der Waals surface area (Å²) >= 11 is 1.40. The molecule has 0 aromatic heterocycles. The molecule has 0 bridgehead atoms. The molecule has 2 amide bonds. The predicted octanol–water partition coefficient (Wildman–Crippen LogP) is 4.72. The number of benzene rings is 3. The van der Waals surface area contributed by atoms with E-state index in [1.807, 2.05) is 24.3 Å². The molecule has 11 heteroatoms.